The Morgan fingerprint density at radius 1 is 1.02 bits per heavy atom. The van der Waals surface area contributed by atoms with E-state index >= 15 is 0 Å². The Bertz CT molecular complexity index is 1440. The van der Waals surface area contributed by atoms with Crippen LogP contribution in [-0.4, -0.2) is 84.9 Å². The van der Waals surface area contributed by atoms with Gasteiger partial charge in [-0.25, -0.2) is 13.8 Å². The number of fused-ring (bicyclic) bond motifs is 1. The number of nitrogens with zero attached hydrogens (tertiary/aromatic N) is 2. The van der Waals surface area contributed by atoms with Gasteiger partial charge in [-0.05, 0) is 54.0 Å². The maximum absolute atomic E-state index is 14.0. The van der Waals surface area contributed by atoms with Crippen LogP contribution in [-0.2, 0) is 37.2 Å². The number of ketones is 1. The second-order valence-electron chi connectivity index (χ2n) is 13.2. The number of rotatable bonds is 15. The summed E-state index contributed by atoms with van der Waals surface area (Å²) in [5, 5.41) is 15.8. The van der Waals surface area contributed by atoms with Crippen LogP contribution in [0.5, 0.6) is 5.75 Å². The molecule has 3 unspecified atom stereocenters. The largest absolute Gasteiger partial charge is 0.493 e. The Morgan fingerprint density at radius 3 is 2.27 bits per heavy atom. The second-order valence-corrected chi connectivity index (χ2v) is 15.1. The zero-order valence-electron chi connectivity index (χ0n) is 27.4. The number of hydrazine groups is 1. The van der Waals surface area contributed by atoms with Gasteiger partial charge in [-0.1, -0.05) is 65.0 Å². The summed E-state index contributed by atoms with van der Waals surface area (Å²) < 4.78 is 34.7. The van der Waals surface area contributed by atoms with E-state index in [0.29, 0.717) is 18.8 Å². The molecule has 0 fully saturated rings. The highest BCUT2D eigenvalue weighted by Crippen LogP contribution is 2.30. The van der Waals surface area contributed by atoms with Gasteiger partial charge < -0.3 is 15.2 Å². The van der Waals surface area contributed by atoms with Crippen molar-refractivity contribution in [1.82, 2.24) is 20.1 Å². The summed E-state index contributed by atoms with van der Waals surface area (Å²) >= 11 is 0. The van der Waals surface area contributed by atoms with E-state index in [9.17, 15) is 27.9 Å². The van der Waals surface area contributed by atoms with E-state index in [-0.39, 0.29) is 42.7 Å². The monoisotopic (exact) mass is 644 g/mol. The minimum atomic E-state index is -4.02. The molecule has 1 heterocycles. The van der Waals surface area contributed by atoms with Crippen LogP contribution in [0.4, 0.5) is 0 Å². The van der Waals surface area contributed by atoms with Crippen molar-refractivity contribution in [3.63, 3.8) is 0 Å². The molecular formula is C33H48N4O7S. The Kier molecular flexibility index (Phi) is 12.3. The van der Waals surface area contributed by atoms with E-state index in [0.717, 1.165) is 16.1 Å². The molecule has 3 rings (SSSR count). The number of Topliss-reactive ketones (excluding diaryl/α,β-unsaturated/α-hetero) is 1. The standard InChI is InChI=1S/C33H48N4O7S/c1-22(2)20-36(45(42,43)27-13-14-30-26(18-27)15-16-44-30)21-29(40)28(17-25-11-9-8-10-12-25)35-32(41)31(33(5,6)7)37(24(4)39)34-19-23(3)38/h8-14,18,22,28-29,31,34,40H,15-17,19-21H2,1-7H3,(H,35,41). The van der Waals surface area contributed by atoms with Crippen LogP contribution in [0.15, 0.2) is 53.4 Å². The van der Waals surface area contributed by atoms with Crippen LogP contribution in [0.3, 0.4) is 0 Å². The Hall–Kier alpha value is -3.32. The lowest BCUT2D eigenvalue weighted by Gasteiger charge is -2.40. The van der Waals surface area contributed by atoms with E-state index in [2.05, 4.69) is 10.7 Å². The Balaban J connectivity index is 1.96. The van der Waals surface area contributed by atoms with E-state index < -0.39 is 45.4 Å². The summed E-state index contributed by atoms with van der Waals surface area (Å²) in [4.78, 5) is 38.5. The van der Waals surface area contributed by atoms with Gasteiger partial charge in [0.2, 0.25) is 21.8 Å². The van der Waals surface area contributed by atoms with Gasteiger partial charge in [0.05, 0.1) is 30.2 Å². The van der Waals surface area contributed by atoms with Crippen LogP contribution in [0, 0.1) is 11.3 Å². The van der Waals surface area contributed by atoms with Crippen molar-refractivity contribution in [2.75, 3.05) is 26.2 Å². The molecule has 2 aromatic rings. The van der Waals surface area contributed by atoms with Crippen molar-refractivity contribution in [3.05, 3.63) is 59.7 Å². The van der Waals surface area contributed by atoms with Crippen LogP contribution < -0.4 is 15.5 Å². The van der Waals surface area contributed by atoms with Gasteiger partial charge in [-0.2, -0.15) is 4.31 Å². The van der Waals surface area contributed by atoms with Crippen molar-refractivity contribution in [2.45, 2.75) is 84.4 Å². The van der Waals surface area contributed by atoms with Crippen LogP contribution in [0.25, 0.3) is 0 Å². The molecule has 2 aromatic carbocycles. The van der Waals surface area contributed by atoms with Gasteiger partial charge >= 0.3 is 0 Å². The third-order valence-electron chi connectivity index (χ3n) is 7.51. The first-order valence-corrected chi connectivity index (χ1v) is 16.8. The second kappa shape index (κ2) is 15.3. The molecule has 0 bridgehead atoms. The van der Waals surface area contributed by atoms with Gasteiger partial charge in [0, 0.05) is 26.4 Å². The summed E-state index contributed by atoms with van der Waals surface area (Å²) in [6, 6.07) is 12.1. The first-order chi connectivity index (χ1) is 21.0. The zero-order chi connectivity index (χ0) is 33.5. The molecular weight excluding hydrogens is 596 g/mol. The normalized spacial score (nSPS) is 15.2. The Labute approximate surface area is 267 Å². The molecule has 2 amide bonds. The van der Waals surface area contributed by atoms with Crippen molar-refractivity contribution in [3.8, 4) is 5.75 Å². The zero-order valence-corrected chi connectivity index (χ0v) is 28.2. The number of ether oxygens (including phenoxy) is 1. The van der Waals surface area contributed by atoms with E-state index in [4.69, 9.17) is 4.74 Å². The quantitative estimate of drug-likeness (QED) is 0.251. The minimum absolute atomic E-state index is 0.0475. The van der Waals surface area contributed by atoms with Gasteiger partial charge in [0.15, 0.2) is 0 Å². The van der Waals surface area contributed by atoms with E-state index in [1.54, 1.807) is 32.9 Å². The molecule has 11 nitrogen and oxygen atoms in total. The van der Waals surface area contributed by atoms with Crippen molar-refractivity contribution >= 4 is 27.6 Å². The molecule has 0 saturated heterocycles. The highest BCUT2D eigenvalue weighted by Gasteiger charge is 2.40. The summed E-state index contributed by atoms with van der Waals surface area (Å²) in [6.45, 7) is 12.1. The lowest BCUT2D eigenvalue weighted by Crippen LogP contribution is -2.63. The molecule has 0 aliphatic carbocycles. The molecule has 248 valence electrons. The van der Waals surface area contributed by atoms with Gasteiger partial charge in [-0.3, -0.25) is 19.4 Å². The lowest BCUT2D eigenvalue weighted by atomic mass is 9.85. The molecule has 45 heavy (non-hydrogen) atoms. The first kappa shape index (κ1) is 36.2. The number of nitrogens with one attached hydrogen (secondary N) is 2. The maximum Gasteiger partial charge on any atom is 0.245 e. The first-order valence-electron chi connectivity index (χ1n) is 15.3. The van der Waals surface area contributed by atoms with Crippen LogP contribution in [0.2, 0.25) is 0 Å². The molecule has 3 N–H and O–H groups in total. The Morgan fingerprint density at radius 2 is 1.69 bits per heavy atom. The maximum atomic E-state index is 14.0. The average molecular weight is 645 g/mol. The molecule has 3 atom stereocenters. The third-order valence-corrected chi connectivity index (χ3v) is 9.34. The highest BCUT2D eigenvalue weighted by molar-refractivity contribution is 7.89. The average Bonchev–Trinajstić information content (AvgIpc) is 3.42. The summed E-state index contributed by atoms with van der Waals surface area (Å²) in [5.74, 6) is -0.602. The van der Waals surface area contributed by atoms with Crippen LogP contribution in [0.1, 0.15) is 59.6 Å². The molecule has 0 aromatic heterocycles. The number of amides is 2. The lowest BCUT2D eigenvalue weighted by molar-refractivity contribution is -0.148. The third kappa shape index (κ3) is 9.83. The summed E-state index contributed by atoms with van der Waals surface area (Å²) in [6.07, 6.45) is -0.487. The van der Waals surface area contributed by atoms with Gasteiger partial charge in [-0.15, -0.1) is 0 Å². The number of carbonyl (C=O) groups is 3. The molecule has 0 saturated carbocycles. The topological polar surface area (TPSA) is 145 Å². The van der Waals surface area contributed by atoms with E-state index in [1.807, 2.05) is 44.2 Å². The number of sulfonamides is 1. The number of carbonyl (C=O) groups excluding carboxylic acids is 3. The van der Waals surface area contributed by atoms with Crippen molar-refractivity contribution in [2.24, 2.45) is 11.3 Å². The summed E-state index contributed by atoms with van der Waals surface area (Å²) in [5.41, 5.74) is 3.65. The minimum Gasteiger partial charge on any atom is -0.493 e. The smallest absolute Gasteiger partial charge is 0.245 e. The molecule has 1 aliphatic heterocycles. The fourth-order valence-electron chi connectivity index (χ4n) is 5.38. The fraction of sp³-hybridized carbons (Fsp3) is 0.545. The predicted octanol–water partition coefficient (Wildman–Crippen LogP) is 2.71. The van der Waals surface area contributed by atoms with Gasteiger partial charge in [0.25, 0.3) is 0 Å². The van der Waals surface area contributed by atoms with Gasteiger partial charge in [0.1, 0.15) is 17.6 Å². The molecule has 12 heteroatoms. The number of aliphatic hydroxyl groups excluding tert-OH is 1. The molecule has 1 aliphatic rings. The van der Waals surface area contributed by atoms with E-state index in [1.165, 1.54) is 24.2 Å². The predicted molar refractivity (Wildman–Crippen MR) is 172 cm³/mol. The number of hydrogen-bond acceptors (Lipinski definition) is 8. The number of aliphatic hydroxyl groups is 1. The number of benzene rings is 2. The van der Waals surface area contributed by atoms with Crippen molar-refractivity contribution in [1.29, 1.82) is 0 Å². The van der Waals surface area contributed by atoms with Crippen molar-refractivity contribution < 1.29 is 32.6 Å². The highest BCUT2D eigenvalue weighted by atomic mass is 32.2. The fourth-order valence-corrected chi connectivity index (χ4v) is 7.05. The molecule has 0 radical (unpaired) electrons. The SMILES string of the molecule is CC(=O)CNN(C(C)=O)C(C(=O)NC(Cc1ccccc1)C(O)CN(CC(C)C)S(=O)(=O)c1ccc2c(c1)CCO2)C(C)(C)C. The van der Waals surface area contributed by atoms with Crippen LogP contribution >= 0.6 is 0 Å². The summed E-state index contributed by atoms with van der Waals surface area (Å²) in [7, 11) is -4.02. The molecule has 0 spiro atoms. The number of hydrogen-bond donors (Lipinski definition) is 3.